The highest BCUT2D eigenvalue weighted by Crippen LogP contribution is 2.75. The largest absolute Gasteiger partial charge is 0.301 e. The van der Waals surface area contributed by atoms with E-state index in [9.17, 15) is 0 Å². The second kappa shape index (κ2) is 6.82. The number of hydrogen-bond donors (Lipinski definition) is 0. The fourth-order valence-corrected chi connectivity index (χ4v) is 7.03. The van der Waals surface area contributed by atoms with Crippen molar-refractivity contribution in [1.29, 1.82) is 0 Å². The third-order valence-electron chi connectivity index (χ3n) is 8.46. The molecule has 2 aliphatic heterocycles. The summed E-state index contributed by atoms with van der Waals surface area (Å²) in [7, 11) is 0. The number of anilines is 4. The van der Waals surface area contributed by atoms with E-state index in [4.69, 9.17) is 9.97 Å². The lowest BCUT2D eigenvalue weighted by molar-refractivity contribution is 0.371. The van der Waals surface area contributed by atoms with Crippen LogP contribution in [0.2, 0.25) is 0 Å². The lowest BCUT2D eigenvalue weighted by Crippen LogP contribution is -2.50. The fourth-order valence-electron chi connectivity index (χ4n) is 6.24. The summed E-state index contributed by atoms with van der Waals surface area (Å²) in [5, 5.41) is 0. The van der Waals surface area contributed by atoms with Gasteiger partial charge in [0, 0.05) is 39.1 Å². The van der Waals surface area contributed by atoms with Gasteiger partial charge in [0.25, 0.3) is 0 Å². The summed E-state index contributed by atoms with van der Waals surface area (Å²) in [5.74, 6) is 2.89. The Kier molecular flexibility index (Phi) is 4.37. The van der Waals surface area contributed by atoms with Crippen LogP contribution >= 0.6 is 15.9 Å². The second-order valence-electron chi connectivity index (χ2n) is 11.0. The highest BCUT2D eigenvalue weighted by molar-refractivity contribution is 9.10. The van der Waals surface area contributed by atoms with Crippen LogP contribution in [-0.4, -0.2) is 16.1 Å². The quantitative estimate of drug-likeness (QED) is 0.365. The second-order valence-corrected chi connectivity index (χ2v) is 11.9. The Morgan fingerprint density at radius 2 is 1.55 bits per heavy atom. The van der Waals surface area contributed by atoms with Gasteiger partial charge < -0.3 is 9.80 Å². The molecule has 4 nitrogen and oxygen atoms in total. The van der Waals surface area contributed by atoms with Crippen molar-refractivity contribution in [2.75, 3.05) is 9.80 Å². The Balaban J connectivity index is 1.58. The molecule has 6 rings (SSSR count). The number of benzene rings is 2. The van der Waals surface area contributed by atoms with Crippen LogP contribution in [0, 0.1) is 5.41 Å². The molecule has 0 bridgehead atoms. The minimum Gasteiger partial charge on any atom is -0.301 e. The van der Waals surface area contributed by atoms with Crippen molar-refractivity contribution < 1.29 is 0 Å². The topological polar surface area (TPSA) is 32.3 Å². The SMILES string of the molecule is CC(C)c1ccc(N2c3nccnc3N3c4cc(Br)c(C(C)C)cc4C4(C)CC4(C)C23)cc1. The summed E-state index contributed by atoms with van der Waals surface area (Å²) in [4.78, 5) is 14.6. The van der Waals surface area contributed by atoms with Crippen LogP contribution in [0.5, 0.6) is 0 Å². The van der Waals surface area contributed by atoms with E-state index in [0.29, 0.717) is 11.8 Å². The van der Waals surface area contributed by atoms with E-state index in [2.05, 4.69) is 104 Å². The number of halogens is 1. The van der Waals surface area contributed by atoms with E-state index >= 15 is 0 Å². The van der Waals surface area contributed by atoms with Crippen LogP contribution in [0.4, 0.5) is 23.0 Å². The lowest BCUT2D eigenvalue weighted by atomic mass is 9.80. The predicted octanol–water partition coefficient (Wildman–Crippen LogP) is 7.78. The molecule has 3 heterocycles. The summed E-state index contributed by atoms with van der Waals surface area (Å²) in [6.07, 6.45) is 4.94. The van der Waals surface area contributed by atoms with Crippen molar-refractivity contribution in [1.82, 2.24) is 9.97 Å². The van der Waals surface area contributed by atoms with Crippen molar-refractivity contribution in [3.05, 3.63) is 70.0 Å². The highest BCUT2D eigenvalue weighted by Gasteiger charge is 2.73. The zero-order chi connectivity index (χ0) is 23.3. The first kappa shape index (κ1) is 21.2. The maximum atomic E-state index is 4.86. The smallest absolute Gasteiger partial charge is 0.178 e. The summed E-state index contributed by atoms with van der Waals surface area (Å²) in [5.41, 5.74) is 6.86. The summed E-state index contributed by atoms with van der Waals surface area (Å²) in [6.45, 7) is 13.9. The average Bonchev–Trinajstić information content (AvgIpc) is 3.21. The average molecular weight is 503 g/mol. The standard InChI is InChI=1S/C28H31BrN4/c1-16(2)18-7-9-19(10-8-18)32-24-25(31-12-11-30-24)33-23-14-22(29)20(17(3)4)13-21(23)27(5)15-28(27,6)26(32)33/h7-14,16-17,26H,15H2,1-6H3. The van der Waals surface area contributed by atoms with Crippen LogP contribution in [0.3, 0.4) is 0 Å². The van der Waals surface area contributed by atoms with Crippen molar-refractivity contribution in [3.8, 4) is 0 Å². The maximum Gasteiger partial charge on any atom is 0.178 e. The number of nitrogens with zero attached hydrogens (tertiary/aromatic N) is 4. The van der Waals surface area contributed by atoms with Gasteiger partial charge in [-0.05, 0) is 53.1 Å². The summed E-state index contributed by atoms with van der Waals surface area (Å²) in [6, 6.07) is 13.8. The van der Waals surface area contributed by atoms with Gasteiger partial charge in [0.1, 0.15) is 6.17 Å². The molecule has 1 fully saturated rings. The van der Waals surface area contributed by atoms with Gasteiger partial charge in [-0.25, -0.2) is 9.97 Å². The van der Waals surface area contributed by atoms with Gasteiger partial charge in [0.15, 0.2) is 11.6 Å². The van der Waals surface area contributed by atoms with Crippen LogP contribution in [-0.2, 0) is 5.41 Å². The van der Waals surface area contributed by atoms with Crippen LogP contribution in [0.1, 0.15) is 76.5 Å². The molecular weight excluding hydrogens is 472 g/mol. The zero-order valence-corrected chi connectivity index (χ0v) is 21.8. The molecule has 1 aromatic heterocycles. The van der Waals surface area contributed by atoms with Crippen LogP contribution in [0.25, 0.3) is 0 Å². The molecular formula is C28H31BrN4. The predicted molar refractivity (Wildman–Crippen MR) is 139 cm³/mol. The van der Waals surface area contributed by atoms with Crippen molar-refractivity contribution in [3.63, 3.8) is 0 Å². The molecule has 0 spiro atoms. The van der Waals surface area contributed by atoms with Crippen LogP contribution < -0.4 is 9.80 Å². The molecule has 2 aromatic carbocycles. The fraction of sp³-hybridized carbons (Fsp3) is 0.429. The monoisotopic (exact) mass is 502 g/mol. The Morgan fingerprint density at radius 1 is 0.909 bits per heavy atom. The van der Waals surface area contributed by atoms with Crippen molar-refractivity contribution in [2.24, 2.45) is 5.41 Å². The molecule has 0 radical (unpaired) electrons. The first-order chi connectivity index (χ1) is 15.7. The Bertz CT molecular complexity index is 1270. The van der Waals surface area contributed by atoms with Gasteiger partial charge in [0.2, 0.25) is 0 Å². The molecule has 3 unspecified atom stereocenters. The Morgan fingerprint density at radius 3 is 2.15 bits per heavy atom. The molecule has 5 heteroatoms. The third-order valence-corrected chi connectivity index (χ3v) is 9.15. The molecule has 1 saturated carbocycles. The summed E-state index contributed by atoms with van der Waals surface area (Å²) >= 11 is 3.88. The molecule has 3 atom stereocenters. The van der Waals surface area contributed by atoms with Gasteiger partial charge in [-0.1, -0.05) is 75.7 Å². The normalized spacial score (nSPS) is 26.9. The van der Waals surface area contributed by atoms with E-state index in [1.165, 1.54) is 32.5 Å². The van der Waals surface area contributed by atoms with Gasteiger partial charge in [0.05, 0.1) is 0 Å². The molecule has 33 heavy (non-hydrogen) atoms. The lowest BCUT2D eigenvalue weighted by Gasteiger charge is -2.44. The minimum absolute atomic E-state index is 0.0984. The molecule has 0 saturated heterocycles. The molecule has 3 aromatic rings. The number of hydrogen-bond acceptors (Lipinski definition) is 4. The maximum absolute atomic E-state index is 4.86. The zero-order valence-electron chi connectivity index (χ0n) is 20.2. The molecule has 0 amide bonds. The van der Waals surface area contributed by atoms with E-state index < -0.39 is 0 Å². The molecule has 1 aliphatic carbocycles. The van der Waals surface area contributed by atoms with Gasteiger partial charge >= 0.3 is 0 Å². The van der Waals surface area contributed by atoms with E-state index in [-0.39, 0.29) is 17.0 Å². The van der Waals surface area contributed by atoms with E-state index in [0.717, 1.165) is 18.1 Å². The van der Waals surface area contributed by atoms with E-state index in [1.807, 2.05) is 12.4 Å². The first-order valence-electron chi connectivity index (χ1n) is 12.0. The Labute approximate surface area is 205 Å². The Hall–Kier alpha value is -2.40. The molecule has 0 N–H and O–H groups in total. The van der Waals surface area contributed by atoms with E-state index in [1.54, 1.807) is 0 Å². The van der Waals surface area contributed by atoms with Crippen molar-refractivity contribution >= 4 is 38.9 Å². The molecule has 170 valence electrons. The van der Waals surface area contributed by atoms with Gasteiger partial charge in [-0.15, -0.1) is 0 Å². The number of rotatable bonds is 3. The van der Waals surface area contributed by atoms with Crippen LogP contribution in [0.15, 0.2) is 53.3 Å². The number of fused-ring (bicyclic) bond motifs is 8. The number of aromatic nitrogens is 2. The van der Waals surface area contributed by atoms with Gasteiger partial charge in [-0.2, -0.15) is 0 Å². The van der Waals surface area contributed by atoms with Crippen molar-refractivity contribution in [2.45, 2.75) is 71.4 Å². The van der Waals surface area contributed by atoms with Gasteiger partial charge in [-0.3, -0.25) is 0 Å². The third kappa shape index (κ3) is 2.69. The minimum atomic E-state index is 0.0984. The first-order valence-corrected chi connectivity index (χ1v) is 12.8. The molecule has 3 aliphatic rings. The highest BCUT2D eigenvalue weighted by atomic mass is 79.9. The summed E-state index contributed by atoms with van der Waals surface area (Å²) < 4.78 is 1.17.